The molecule has 0 atom stereocenters. The number of carbonyl (C=O) groups excluding carboxylic acids is 1. The first-order valence-corrected chi connectivity index (χ1v) is 5.69. The second-order valence-corrected chi connectivity index (χ2v) is 4.80. The number of hydrogen-bond donors (Lipinski definition) is 0. The summed E-state index contributed by atoms with van der Waals surface area (Å²) in [5.74, 6) is 0. The Labute approximate surface area is 94.2 Å². The summed E-state index contributed by atoms with van der Waals surface area (Å²) >= 11 is 1.07. The topological polar surface area (TPSA) is 59.6 Å². The molecule has 1 saturated carbocycles. The predicted octanol–water partition coefficient (Wildman–Crippen LogP) is 2.18. The van der Waals surface area contributed by atoms with Gasteiger partial charge in [-0.15, -0.1) is 0 Å². The lowest BCUT2D eigenvalue weighted by Gasteiger charge is -2.07. The number of rotatable bonds is 2. The van der Waals surface area contributed by atoms with Crippen molar-refractivity contribution in [2.24, 2.45) is 4.99 Å². The van der Waals surface area contributed by atoms with Gasteiger partial charge in [0.15, 0.2) is 5.58 Å². The van der Waals surface area contributed by atoms with Crippen molar-refractivity contribution < 1.29 is 9.21 Å². The molecule has 0 unspecified atom stereocenters. The van der Waals surface area contributed by atoms with E-state index in [1.165, 1.54) is 0 Å². The monoisotopic (exact) mass is 233 g/mol. The van der Waals surface area contributed by atoms with Crippen molar-refractivity contribution in [3.8, 4) is 0 Å². The summed E-state index contributed by atoms with van der Waals surface area (Å²) in [5, 5.41) is 0. The van der Waals surface area contributed by atoms with Crippen molar-refractivity contribution in [3.05, 3.63) is 33.5 Å². The van der Waals surface area contributed by atoms with E-state index in [1.54, 1.807) is 6.08 Å². The minimum atomic E-state index is -0.488. The van der Waals surface area contributed by atoms with Crippen LogP contribution in [0.4, 0.5) is 0 Å². The molecule has 0 aliphatic heterocycles. The van der Waals surface area contributed by atoms with Gasteiger partial charge >= 0.3 is 4.94 Å². The molecule has 1 aliphatic rings. The van der Waals surface area contributed by atoms with Crippen molar-refractivity contribution in [3.63, 3.8) is 0 Å². The number of aliphatic imine (C=N–C) groups is 1. The lowest BCUT2D eigenvalue weighted by molar-refractivity contribution is 0.552. The lowest BCUT2D eigenvalue weighted by atomic mass is 10.1. The number of para-hydroxylation sites is 1. The van der Waals surface area contributed by atoms with Crippen molar-refractivity contribution in [1.29, 1.82) is 0 Å². The fraction of sp³-hybridized carbons (Fsp3) is 0.273. The van der Waals surface area contributed by atoms with Crippen molar-refractivity contribution in [2.45, 2.75) is 18.4 Å². The first-order valence-electron chi connectivity index (χ1n) is 4.87. The van der Waals surface area contributed by atoms with Crippen LogP contribution in [0, 0.1) is 0 Å². The Morgan fingerprint density at radius 3 is 2.94 bits per heavy atom. The highest BCUT2D eigenvalue weighted by Gasteiger charge is 2.46. The van der Waals surface area contributed by atoms with Crippen LogP contribution >= 0.6 is 11.3 Å². The second-order valence-electron chi connectivity index (χ2n) is 3.82. The van der Waals surface area contributed by atoms with Gasteiger partial charge in [0.1, 0.15) is 5.54 Å². The third-order valence-corrected chi connectivity index (χ3v) is 3.63. The average Bonchev–Trinajstić information content (AvgIpc) is 2.92. The molecule has 0 amide bonds. The van der Waals surface area contributed by atoms with Crippen molar-refractivity contribution >= 4 is 27.7 Å². The summed E-state index contributed by atoms with van der Waals surface area (Å²) in [6.07, 6.45) is 3.21. The number of nitrogens with zero attached hydrogens (tertiary/aromatic N) is 1. The molecule has 3 rings (SSSR count). The molecule has 1 aliphatic carbocycles. The van der Waals surface area contributed by atoms with Crippen LogP contribution in [0.1, 0.15) is 18.4 Å². The SMILES string of the molecule is O=C=NC1(c2cccc3sc(=O)oc23)CC1. The maximum atomic E-state index is 11.2. The molecule has 80 valence electrons. The Hall–Kier alpha value is -1.71. The van der Waals surface area contributed by atoms with Gasteiger partial charge in [0.2, 0.25) is 6.08 Å². The number of isocyanates is 1. The summed E-state index contributed by atoms with van der Waals surface area (Å²) in [5.41, 5.74) is 0.902. The number of hydrogen-bond acceptors (Lipinski definition) is 5. The zero-order chi connectivity index (χ0) is 11.2. The van der Waals surface area contributed by atoms with Gasteiger partial charge in [-0.1, -0.05) is 23.5 Å². The Kier molecular flexibility index (Phi) is 1.87. The summed E-state index contributed by atoms with van der Waals surface area (Å²) in [6.45, 7) is 0. The van der Waals surface area contributed by atoms with Gasteiger partial charge < -0.3 is 4.42 Å². The predicted molar refractivity (Wildman–Crippen MR) is 59.4 cm³/mol. The van der Waals surface area contributed by atoms with Gasteiger partial charge in [-0.25, -0.2) is 9.59 Å². The molecule has 4 nitrogen and oxygen atoms in total. The molecule has 1 aromatic carbocycles. The molecule has 2 aromatic rings. The summed E-state index contributed by atoms with van der Waals surface area (Å²) < 4.78 is 5.95. The van der Waals surface area contributed by atoms with Gasteiger partial charge in [-0.3, -0.25) is 0 Å². The van der Waals surface area contributed by atoms with E-state index in [4.69, 9.17) is 4.42 Å². The standard InChI is InChI=1S/C11H7NO3S/c13-6-12-11(4-5-11)7-2-1-3-8-9(7)15-10(14)16-8/h1-3H,4-5H2. The average molecular weight is 233 g/mol. The zero-order valence-electron chi connectivity index (χ0n) is 8.23. The van der Waals surface area contributed by atoms with E-state index in [9.17, 15) is 9.59 Å². The summed E-state index contributed by atoms with van der Waals surface area (Å²) in [4.78, 5) is 25.1. The van der Waals surface area contributed by atoms with Crippen LogP contribution in [0.25, 0.3) is 10.3 Å². The molecule has 0 radical (unpaired) electrons. The Balaban J connectivity index is 2.31. The van der Waals surface area contributed by atoms with Crippen molar-refractivity contribution in [1.82, 2.24) is 0 Å². The van der Waals surface area contributed by atoms with Crippen LogP contribution in [0.3, 0.4) is 0 Å². The normalized spacial score (nSPS) is 17.0. The van der Waals surface area contributed by atoms with Crippen LogP contribution in [0.5, 0.6) is 0 Å². The summed E-state index contributed by atoms with van der Waals surface area (Å²) in [6, 6.07) is 5.53. The highest BCUT2D eigenvalue weighted by atomic mass is 32.1. The van der Waals surface area contributed by atoms with Gasteiger partial charge in [0, 0.05) is 5.56 Å². The number of fused-ring (bicyclic) bond motifs is 1. The zero-order valence-corrected chi connectivity index (χ0v) is 9.04. The Morgan fingerprint density at radius 1 is 1.44 bits per heavy atom. The van der Waals surface area contributed by atoms with Crippen LogP contribution in [-0.4, -0.2) is 6.08 Å². The largest absolute Gasteiger partial charge is 0.414 e. The molecule has 1 aromatic heterocycles. The molecule has 0 saturated heterocycles. The summed E-state index contributed by atoms with van der Waals surface area (Å²) in [7, 11) is 0. The van der Waals surface area contributed by atoms with E-state index in [0.717, 1.165) is 34.4 Å². The molecule has 1 fully saturated rings. The molecule has 0 spiro atoms. The minimum Gasteiger partial charge on any atom is -0.414 e. The van der Waals surface area contributed by atoms with E-state index in [1.807, 2.05) is 18.2 Å². The fourth-order valence-electron chi connectivity index (χ4n) is 1.91. The Morgan fingerprint density at radius 2 is 2.25 bits per heavy atom. The van der Waals surface area contributed by atoms with E-state index < -0.39 is 5.54 Å². The number of benzene rings is 1. The van der Waals surface area contributed by atoms with Crippen LogP contribution in [0.15, 0.2) is 32.4 Å². The molecule has 1 heterocycles. The highest BCUT2D eigenvalue weighted by molar-refractivity contribution is 7.16. The van der Waals surface area contributed by atoms with Gasteiger partial charge in [0.05, 0.1) is 4.70 Å². The third-order valence-electron chi connectivity index (χ3n) is 2.84. The van der Waals surface area contributed by atoms with Crippen LogP contribution < -0.4 is 4.94 Å². The fourth-order valence-corrected chi connectivity index (χ4v) is 2.60. The molecule has 0 bridgehead atoms. The van der Waals surface area contributed by atoms with Gasteiger partial charge in [0.25, 0.3) is 0 Å². The van der Waals surface area contributed by atoms with Crippen molar-refractivity contribution in [2.75, 3.05) is 0 Å². The first kappa shape index (κ1) is 9.51. The van der Waals surface area contributed by atoms with Crippen LogP contribution in [0.2, 0.25) is 0 Å². The lowest BCUT2D eigenvalue weighted by Crippen LogP contribution is -2.02. The maximum Gasteiger partial charge on any atom is 0.396 e. The van der Waals surface area contributed by atoms with E-state index in [2.05, 4.69) is 4.99 Å². The first-order chi connectivity index (χ1) is 7.75. The highest BCUT2D eigenvalue weighted by Crippen LogP contribution is 2.51. The van der Waals surface area contributed by atoms with E-state index in [-0.39, 0.29) is 4.94 Å². The Bertz CT molecular complexity index is 659. The quantitative estimate of drug-likeness (QED) is 0.590. The third kappa shape index (κ3) is 1.26. The van der Waals surface area contributed by atoms with Gasteiger partial charge in [-0.2, -0.15) is 4.99 Å². The van der Waals surface area contributed by atoms with E-state index >= 15 is 0 Å². The van der Waals surface area contributed by atoms with E-state index in [0.29, 0.717) is 5.58 Å². The smallest absolute Gasteiger partial charge is 0.396 e. The molecular formula is C11H7NO3S. The van der Waals surface area contributed by atoms with Crippen LogP contribution in [-0.2, 0) is 10.3 Å². The minimum absolute atomic E-state index is 0.326. The molecule has 5 heteroatoms. The van der Waals surface area contributed by atoms with Gasteiger partial charge in [-0.05, 0) is 18.9 Å². The molecule has 0 N–H and O–H groups in total. The second kappa shape index (κ2) is 3.14. The molecule has 16 heavy (non-hydrogen) atoms. The molecular weight excluding hydrogens is 226 g/mol. The maximum absolute atomic E-state index is 11.2.